The van der Waals surface area contributed by atoms with Crippen molar-refractivity contribution in [3.05, 3.63) is 35.2 Å². The second-order valence-electron chi connectivity index (χ2n) is 4.75. The molecule has 0 saturated carbocycles. The van der Waals surface area contributed by atoms with E-state index in [1.165, 1.54) is 20.2 Å². The van der Waals surface area contributed by atoms with Crippen LogP contribution in [0.5, 0.6) is 5.75 Å². The zero-order chi connectivity index (χ0) is 18.4. The summed E-state index contributed by atoms with van der Waals surface area (Å²) in [7, 11) is 1.50. The van der Waals surface area contributed by atoms with E-state index in [0.29, 0.717) is 16.9 Å². The quantitative estimate of drug-likeness (QED) is 0.424. The van der Waals surface area contributed by atoms with Crippen molar-refractivity contribution >= 4 is 23.9 Å². The Morgan fingerprint density at radius 3 is 2.80 bits per heavy atom. The van der Waals surface area contributed by atoms with Gasteiger partial charge in [0.2, 0.25) is 11.0 Å². The molecule has 0 atom stereocenters. The van der Waals surface area contributed by atoms with Crippen LogP contribution in [-0.4, -0.2) is 40.4 Å². The fourth-order valence-corrected chi connectivity index (χ4v) is 2.38. The summed E-state index contributed by atoms with van der Waals surface area (Å²) in [6.07, 6.45) is 0.294. The van der Waals surface area contributed by atoms with Crippen molar-refractivity contribution in [2.75, 3.05) is 13.4 Å². The van der Waals surface area contributed by atoms with Gasteiger partial charge in [-0.1, -0.05) is 11.8 Å². The fourth-order valence-electron chi connectivity index (χ4n) is 1.94. The van der Waals surface area contributed by atoms with Gasteiger partial charge >= 0.3 is 5.97 Å². The number of alkyl halides is 2. The molecule has 0 fully saturated rings. The lowest BCUT2D eigenvalue weighted by molar-refractivity contribution is -0.142. The Bertz CT molecular complexity index is 780. The number of carbonyl (C=O) groups is 1. The predicted molar refractivity (Wildman–Crippen MR) is 88.2 cm³/mol. The summed E-state index contributed by atoms with van der Waals surface area (Å²) in [5.74, 6) is -0.410. The van der Waals surface area contributed by atoms with Gasteiger partial charge in [0.25, 0.3) is 6.43 Å². The maximum absolute atomic E-state index is 13.0. The largest absolute Gasteiger partial charge is 0.496 e. The first-order chi connectivity index (χ1) is 12.0. The van der Waals surface area contributed by atoms with Gasteiger partial charge in [-0.25, -0.2) is 8.78 Å². The third kappa shape index (κ3) is 4.75. The molecule has 0 spiro atoms. The Morgan fingerprint density at radius 2 is 2.20 bits per heavy atom. The summed E-state index contributed by atoms with van der Waals surface area (Å²) in [6.45, 7) is 1.34. The fraction of sp³-hybridized carbons (Fsp3) is 0.333. The lowest BCUT2D eigenvalue weighted by Crippen LogP contribution is -2.03. The minimum absolute atomic E-state index is 0.0329. The first-order valence-electron chi connectivity index (χ1n) is 7.08. The maximum Gasteiger partial charge on any atom is 0.302 e. The average molecular weight is 370 g/mol. The van der Waals surface area contributed by atoms with Crippen molar-refractivity contribution in [3.8, 4) is 5.75 Å². The summed E-state index contributed by atoms with van der Waals surface area (Å²) in [4.78, 5) is 11.0. The molecule has 2 aromatic rings. The molecule has 0 saturated heterocycles. The molecule has 2 rings (SSSR count). The van der Waals surface area contributed by atoms with Crippen LogP contribution in [0.2, 0.25) is 0 Å². The number of methoxy groups -OCH3 is 1. The van der Waals surface area contributed by atoms with Gasteiger partial charge in [-0.15, -0.1) is 10.2 Å². The van der Waals surface area contributed by atoms with Gasteiger partial charge in [-0.3, -0.25) is 4.79 Å². The summed E-state index contributed by atoms with van der Waals surface area (Å²) in [5, 5.41) is 11.4. The molecule has 7 nitrogen and oxygen atoms in total. The highest BCUT2D eigenvalue weighted by Crippen LogP contribution is 2.23. The van der Waals surface area contributed by atoms with E-state index in [1.807, 2.05) is 0 Å². The number of hydrogen-bond donors (Lipinski definition) is 0. The number of carbonyl (C=O) groups excluding carboxylic acids is 1. The molecule has 1 heterocycles. The molecule has 0 N–H and O–H groups in total. The number of benzene rings is 1. The Kier molecular flexibility index (Phi) is 6.45. The number of thioether (sulfide) groups is 1. The lowest BCUT2D eigenvalue weighted by Gasteiger charge is -2.09. The van der Waals surface area contributed by atoms with Crippen LogP contribution in [0.25, 0.3) is 0 Å². The smallest absolute Gasteiger partial charge is 0.302 e. The van der Waals surface area contributed by atoms with Gasteiger partial charge in [-0.05, 0) is 30.0 Å². The molecule has 134 valence electrons. The number of aromatic nitrogens is 3. The topological polar surface area (TPSA) is 78.6 Å². The van der Waals surface area contributed by atoms with Crippen LogP contribution < -0.4 is 4.74 Å². The Labute approximate surface area is 147 Å². The third-order valence-electron chi connectivity index (χ3n) is 3.07. The van der Waals surface area contributed by atoms with Crippen LogP contribution in [0.1, 0.15) is 30.3 Å². The molecule has 25 heavy (non-hydrogen) atoms. The van der Waals surface area contributed by atoms with Crippen molar-refractivity contribution < 1.29 is 23.0 Å². The zero-order valence-electron chi connectivity index (χ0n) is 13.8. The number of rotatable bonds is 7. The van der Waals surface area contributed by atoms with E-state index in [-0.39, 0.29) is 11.8 Å². The maximum atomic E-state index is 13.0. The highest BCUT2D eigenvalue weighted by Gasteiger charge is 2.19. The van der Waals surface area contributed by atoms with Crippen LogP contribution in [0, 0.1) is 0 Å². The molecule has 0 amide bonds. The van der Waals surface area contributed by atoms with Crippen molar-refractivity contribution in [2.24, 2.45) is 5.10 Å². The number of halogens is 2. The molecule has 0 unspecified atom stereocenters. The van der Waals surface area contributed by atoms with Gasteiger partial charge in [0, 0.05) is 12.5 Å². The molecule has 0 aliphatic carbocycles. The van der Waals surface area contributed by atoms with E-state index in [1.54, 1.807) is 24.5 Å². The van der Waals surface area contributed by atoms with Crippen LogP contribution in [0.15, 0.2) is 28.5 Å². The van der Waals surface area contributed by atoms with Crippen LogP contribution in [-0.2, 0) is 16.1 Å². The van der Waals surface area contributed by atoms with Gasteiger partial charge in [0.1, 0.15) is 12.4 Å². The van der Waals surface area contributed by atoms with Gasteiger partial charge in [-0.2, -0.15) is 9.78 Å². The van der Waals surface area contributed by atoms with E-state index in [4.69, 9.17) is 9.47 Å². The lowest BCUT2D eigenvalue weighted by atomic mass is 10.1. The van der Waals surface area contributed by atoms with E-state index in [9.17, 15) is 13.6 Å². The number of esters is 1. The van der Waals surface area contributed by atoms with Crippen molar-refractivity contribution in [3.63, 3.8) is 0 Å². The second kappa shape index (κ2) is 8.56. The molecule has 10 heteroatoms. The number of hydrogen-bond acceptors (Lipinski definition) is 7. The third-order valence-corrected chi connectivity index (χ3v) is 3.69. The van der Waals surface area contributed by atoms with Crippen LogP contribution >= 0.6 is 11.8 Å². The molecule has 1 aromatic carbocycles. The highest BCUT2D eigenvalue weighted by molar-refractivity contribution is 7.98. The van der Waals surface area contributed by atoms with E-state index >= 15 is 0 Å². The Hall–Kier alpha value is -2.49. The standard InChI is InChI=1S/C15H16F2N4O3S/c1-9(22)24-8-11-6-10(4-5-12(11)23-2)7-18-21-14(13(16)17)19-20-15(21)25-3/h4-7,13H,8H2,1-3H3/b18-7+. The summed E-state index contributed by atoms with van der Waals surface area (Å²) >= 11 is 1.15. The monoisotopic (exact) mass is 370 g/mol. The zero-order valence-corrected chi connectivity index (χ0v) is 14.6. The molecular formula is C15H16F2N4O3S. The predicted octanol–water partition coefficient (Wildman–Crippen LogP) is 2.89. The van der Waals surface area contributed by atoms with Crippen molar-refractivity contribution in [1.82, 2.24) is 14.9 Å². The normalized spacial score (nSPS) is 11.3. The first kappa shape index (κ1) is 18.8. The van der Waals surface area contributed by atoms with Gasteiger partial charge in [0.15, 0.2) is 0 Å². The highest BCUT2D eigenvalue weighted by atomic mass is 32.2. The van der Waals surface area contributed by atoms with E-state index in [2.05, 4.69) is 15.3 Å². The van der Waals surface area contributed by atoms with E-state index in [0.717, 1.165) is 16.4 Å². The summed E-state index contributed by atoms with van der Waals surface area (Å²) in [5.41, 5.74) is 1.24. The van der Waals surface area contributed by atoms with Crippen molar-refractivity contribution in [1.29, 1.82) is 0 Å². The number of ether oxygens (including phenoxy) is 2. The Balaban J connectivity index is 2.31. The molecule has 0 aliphatic rings. The first-order valence-corrected chi connectivity index (χ1v) is 8.30. The molecular weight excluding hydrogens is 354 g/mol. The van der Waals surface area contributed by atoms with Gasteiger partial charge in [0.05, 0.1) is 13.3 Å². The molecule has 0 bridgehead atoms. The summed E-state index contributed by atoms with van der Waals surface area (Å²) in [6, 6.07) is 5.07. The second-order valence-corrected chi connectivity index (χ2v) is 5.53. The Morgan fingerprint density at radius 1 is 1.44 bits per heavy atom. The SMILES string of the molecule is COc1ccc(/C=N/n2c(SC)nnc2C(F)F)cc1COC(C)=O. The minimum atomic E-state index is -2.79. The number of nitrogens with zero attached hydrogens (tertiary/aromatic N) is 4. The van der Waals surface area contributed by atoms with Crippen LogP contribution in [0.4, 0.5) is 8.78 Å². The molecule has 1 aromatic heterocycles. The van der Waals surface area contributed by atoms with Crippen molar-refractivity contribution in [2.45, 2.75) is 25.1 Å². The van der Waals surface area contributed by atoms with E-state index < -0.39 is 18.2 Å². The van der Waals surface area contributed by atoms with Crippen LogP contribution in [0.3, 0.4) is 0 Å². The van der Waals surface area contributed by atoms with Gasteiger partial charge < -0.3 is 9.47 Å². The molecule has 0 radical (unpaired) electrons. The average Bonchev–Trinajstić information content (AvgIpc) is 3.01. The molecule has 0 aliphatic heterocycles. The minimum Gasteiger partial charge on any atom is -0.496 e. The summed E-state index contributed by atoms with van der Waals surface area (Å²) < 4.78 is 37.1.